The highest BCUT2D eigenvalue weighted by Gasteiger charge is 2.20. The molecule has 0 aliphatic carbocycles. The molecule has 2 N–H and O–H groups in total. The number of aromatic nitrogens is 2. The number of likely N-dealkylation sites (tertiary alicyclic amines) is 1. The lowest BCUT2D eigenvalue weighted by Crippen LogP contribution is -2.39. The fourth-order valence-electron chi connectivity index (χ4n) is 2.97. The summed E-state index contributed by atoms with van der Waals surface area (Å²) >= 11 is 6.27. The highest BCUT2D eigenvalue weighted by atomic mass is 35.5. The summed E-state index contributed by atoms with van der Waals surface area (Å²) in [7, 11) is 0. The van der Waals surface area contributed by atoms with E-state index in [-0.39, 0.29) is 0 Å². The third kappa shape index (κ3) is 5.28. The van der Waals surface area contributed by atoms with Gasteiger partial charge in [-0.2, -0.15) is 0 Å². The van der Waals surface area contributed by atoms with Gasteiger partial charge in [0.15, 0.2) is 0 Å². The molecule has 1 fully saturated rings. The quantitative estimate of drug-likeness (QED) is 0.757. The summed E-state index contributed by atoms with van der Waals surface area (Å²) in [5.41, 5.74) is 1.75. The Balaban J connectivity index is 1.52. The molecule has 2 aromatic rings. The zero-order chi connectivity index (χ0) is 18.4. The van der Waals surface area contributed by atoms with Gasteiger partial charge in [0.1, 0.15) is 5.82 Å². The molecule has 0 atom stereocenters. The van der Waals surface area contributed by atoms with Crippen molar-refractivity contribution in [2.45, 2.75) is 25.4 Å². The second-order valence-electron chi connectivity index (χ2n) is 6.29. The van der Waals surface area contributed by atoms with Crippen LogP contribution in [-0.4, -0.2) is 45.1 Å². The summed E-state index contributed by atoms with van der Waals surface area (Å²) in [6.07, 6.45) is 7.99. The van der Waals surface area contributed by atoms with Crippen molar-refractivity contribution in [2.75, 3.05) is 18.4 Å². The second-order valence-corrected chi connectivity index (χ2v) is 6.69. The van der Waals surface area contributed by atoms with Crippen LogP contribution in [0.5, 0.6) is 0 Å². The smallest absolute Gasteiger partial charge is 0.328 e. The Hall–Kier alpha value is -2.44. The molecule has 0 amide bonds. The largest absolute Gasteiger partial charge is 0.478 e. The lowest BCUT2D eigenvalue weighted by Gasteiger charge is -2.32. The topological polar surface area (TPSA) is 78.3 Å². The number of carbonyl (C=O) groups is 1. The van der Waals surface area contributed by atoms with Crippen molar-refractivity contribution >= 4 is 29.5 Å². The summed E-state index contributed by atoms with van der Waals surface area (Å²) in [4.78, 5) is 21.7. The average Bonchev–Trinajstić information content (AvgIpc) is 2.64. The summed E-state index contributed by atoms with van der Waals surface area (Å²) < 4.78 is 0. The van der Waals surface area contributed by atoms with Gasteiger partial charge in [-0.05, 0) is 42.7 Å². The van der Waals surface area contributed by atoms with Crippen molar-refractivity contribution in [3.8, 4) is 0 Å². The van der Waals surface area contributed by atoms with Gasteiger partial charge in [-0.25, -0.2) is 9.78 Å². The molecular weight excluding hydrogens is 352 g/mol. The van der Waals surface area contributed by atoms with E-state index in [4.69, 9.17) is 16.7 Å². The van der Waals surface area contributed by atoms with Crippen LogP contribution in [0.25, 0.3) is 6.08 Å². The van der Waals surface area contributed by atoms with E-state index in [1.54, 1.807) is 12.3 Å². The maximum Gasteiger partial charge on any atom is 0.328 e. The van der Waals surface area contributed by atoms with E-state index in [0.717, 1.165) is 44.2 Å². The molecule has 0 saturated carbocycles. The van der Waals surface area contributed by atoms with Crippen LogP contribution >= 0.6 is 11.6 Å². The maximum atomic E-state index is 10.6. The highest BCUT2D eigenvalue weighted by Crippen LogP contribution is 2.24. The van der Waals surface area contributed by atoms with E-state index < -0.39 is 5.97 Å². The van der Waals surface area contributed by atoms with Crippen LogP contribution in [0.1, 0.15) is 24.1 Å². The number of nitrogens with zero attached hydrogens (tertiary/aromatic N) is 3. The molecule has 0 radical (unpaired) electrons. The number of carboxylic acid groups (broad SMARTS) is 1. The van der Waals surface area contributed by atoms with Crippen molar-refractivity contribution in [3.63, 3.8) is 0 Å². The van der Waals surface area contributed by atoms with Crippen molar-refractivity contribution in [3.05, 3.63) is 59.0 Å². The van der Waals surface area contributed by atoms with Crippen molar-refractivity contribution < 1.29 is 9.90 Å². The van der Waals surface area contributed by atoms with Crippen molar-refractivity contribution in [1.29, 1.82) is 0 Å². The van der Waals surface area contributed by atoms with Crippen molar-refractivity contribution in [1.82, 2.24) is 14.9 Å². The van der Waals surface area contributed by atoms with Crippen LogP contribution in [0.4, 0.5) is 5.82 Å². The molecule has 1 saturated heterocycles. The molecule has 2 aromatic heterocycles. The zero-order valence-corrected chi connectivity index (χ0v) is 15.1. The number of carboxylic acids is 1. The molecule has 1 aliphatic heterocycles. The number of anilines is 1. The number of nitrogens with one attached hydrogen (secondary N) is 1. The zero-order valence-electron chi connectivity index (χ0n) is 14.3. The Morgan fingerprint density at radius 3 is 2.81 bits per heavy atom. The van der Waals surface area contributed by atoms with Crippen LogP contribution in [0.2, 0.25) is 5.02 Å². The Bertz CT molecular complexity index is 774. The number of hydrogen-bond donors (Lipinski definition) is 2. The molecule has 0 aromatic carbocycles. The van der Waals surface area contributed by atoms with Gasteiger partial charge in [-0.1, -0.05) is 17.7 Å². The van der Waals surface area contributed by atoms with E-state index in [2.05, 4.69) is 20.2 Å². The minimum Gasteiger partial charge on any atom is -0.478 e. The van der Waals surface area contributed by atoms with E-state index in [0.29, 0.717) is 22.4 Å². The minimum atomic E-state index is -0.999. The molecule has 26 heavy (non-hydrogen) atoms. The molecule has 136 valence electrons. The molecule has 3 rings (SSSR count). The monoisotopic (exact) mass is 372 g/mol. The second kappa shape index (κ2) is 8.78. The maximum absolute atomic E-state index is 10.6. The highest BCUT2D eigenvalue weighted by molar-refractivity contribution is 6.33. The third-order valence-electron chi connectivity index (χ3n) is 4.32. The van der Waals surface area contributed by atoms with Crippen LogP contribution < -0.4 is 5.32 Å². The fourth-order valence-corrected chi connectivity index (χ4v) is 3.20. The first-order valence-electron chi connectivity index (χ1n) is 8.55. The fraction of sp³-hybridized carbons (Fsp3) is 0.316. The molecular formula is C19H21ClN4O2. The number of halogens is 1. The SMILES string of the molecule is O=C(O)/C=C/c1cnc(NC2CCN(Cc3ccccn3)CC2)c(Cl)c1. The van der Waals surface area contributed by atoms with E-state index in [9.17, 15) is 4.79 Å². The van der Waals surface area contributed by atoms with Crippen LogP contribution in [0, 0.1) is 0 Å². The normalized spacial score (nSPS) is 16.0. The lowest BCUT2D eigenvalue weighted by atomic mass is 10.0. The van der Waals surface area contributed by atoms with Crippen LogP contribution in [0.15, 0.2) is 42.7 Å². The number of hydrogen-bond acceptors (Lipinski definition) is 5. The van der Waals surface area contributed by atoms with Gasteiger partial charge in [0.05, 0.1) is 10.7 Å². The summed E-state index contributed by atoms with van der Waals surface area (Å²) in [6, 6.07) is 8.03. The Morgan fingerprint density at radius 2 is 2.15 bits per heavy atom. The molecule has 0 bridgehead atoms. The molecule has 7 heteroatoms. The van der Waals surface area contributed by atoms with Crippen LogP contribution in [0.3, 0.4) is 0 Å². The van der Waals surface area contributed by atoms with Gasteiger partial charge in [0.25, 0.3) is 0 Å². The Kier molecular flexibility index (Phi) is 6.20. The summed E-state index contributed by atoms with van der Waals surface area (Å²) in [6.45, 7) is 2.85. The van der Waals surface area contributed by atoms with Gasteiger partial charge < -0.3 is 10.4 Å². The van der Waals surface area contributed by atoms with Gasteiger partial charge in [-0.3, -0.25) is 9.88 Å². The first kappa shape index (κ1) is 18.4. The molecule has 1 aliphatic rings. The molecule has 0 spiro atoms. The first-order valence-corrected chi connectivity index (χ1v) is 8.93. The van der Waals surface area contributed by atoms with Crippen molar-refractivity contribution in [2.24, 2.45) is 0 Å². The number of piperidine rings is 1. The summed E-state index contributed by atoms with van der Waals surface area (Å²) in [5, 5.41) is 12.6. The van der Waals surface area contributed by atoms with Gasteiger partial charge in [0, 0.05) is 44.1 Å². The predicted molar refractivity (Wildman–Crippen MR) is 102 cm³/mol. The van der Waals surface area contributed by atoms with E-state index in [1.807, 2.05) is 24.4 Å². The number of pyridine rings is 2. The third-order valence-corrected chi connectivity index (χ3v) is 4.61. The lowest BCUT2D eigenvalue weighted by molar-refractivity contribution is -0.131. The number of rotatable bonds is 6. The van der Waals surface area contributed by atoms with Gasteiger partial charge in [0.2, 0.25) is 0 Å². The molecule has 3 heterocycles. The first-order chi connectivity index (χ1) is 12.6. The predicted octanol–water partition coefficient (Wildman–Crippen LogP) is 3.30. The Labute approximate surface area is 157 Å². The van der Waals surface area contributed by atoms with Gasteiger partial charge in [-0.15, -0.1) is 0 Å². The number of aliphatic carboxylic acids is 1. The molecule has 0 unspecified atom stereocenters. The standard InChI is InChI=1S/C19H21ClN4O2/c20-17-11-14(4-5-18(25)26)12-22-19(17)23-15-6-9-24(10-7-15)13-16-3-1-2-8-21-16/h1-5,8,11-12,15H,6-7,9-10,13H2,(H,22,23)(H,25,26)/b5-4+. The van der Waals surface area contributed by atoms with E-state index >= 15 is 0 Å². The van der Waals surface area contributed by atoms with Gasteiger partial charge >= 0.3 is 5.97 Å². The average molecular weight is 373 g/mol. The molecule has 6 nitrogen and oxygen atoms in total. The van der Waals surface area contributed by atoms with E-state index in [1.165, 1.54) is 6.08 Å². The minimum absolute atomic E-state index is 0.320. The summed E-state index contributed by atoms with van der Waals surface area (Å²) in [5.74, 6) is -0.358. The Morgan fingerprint density at radius 1 is 1.35 bits per heavy atom. The van der Waals surface area contributed by atoms with Crippen LogP contribution in [-0.2, 0) is 11.3 Å².